The number of carbonyl (C=O) groups is 5. The predicted octanol–water partition coefficient (Wildman–Crippen LogP) is -3.85. The van der Waals surface area contributed by atoms with Crippen LogP contribution in [0.25, 0.3) is 12.2 Å². The minimum Gasteiger partial charge on any atom is -0.508 e. The fourth-order valence-corrected chi connectivity index (χ4v) is 7.40. The molecule has 0 aromatic heterocycles. The Labute approximate surface area is 376 Å². The van der Waals surface area contributed by atoms with Gasteiger partial charge in [-0.25, -0.2) is 0 Å². The molecule has 4 aliphatic rings. The first-order valence-corrected chi connectivity index (χ1v) is 19.9. The summed E-state index contributed by atoms with van der Waals surface area (Å²) in [5.41, 5.74) is -3.85. The van der Waals surface area contributed by atoms with E-state index in [1.807, 2.05) is 0 Å². The third kappa shape index (κ3) is 9.44. The molecule has 2 aliphatic carbocycles. The number of hydrogen-bond donors (Lipinski definition) is 15. The number of ether oxygens (including phenoxy) is 4. The average Bonchev–Trinajstić information content (AvgIpc) is 3.30. The molecule has 2 saturated heterocycles. The number of hydrogen-bond acceptors (Lipinski definition) is 24. The summed E-state index contributed by atoms with van der Waals surface area (Å²) in [6, 6.07) is 10.1. The normalized spacial score (nSPS) is 35.8. The van der Waals surface area contributed by atoms with Crippen LogP contribution in [0.4, 0.5) is 0 Å². The van der Waals surface area contributed by atoms with Crippen molar-refractivity contribution >= 4 is 41.1 Å². The van der Waals surface area contributed by atoms with Gasteiger partial charge in [0.05, 0.1) is 19.1 Å². The Morgan fingerprint density at radius 3 is 1.40 bits per heavy atom. The van der Waals surface area contributed by atoms with Crippen molar-refractivity contribution in [2.45, 2.75) is 79.4 Å². The van der Waals surface area contributed by atoms with Gasteiger partial charge >= 0.3 is 0 Å². The smallest absolute Gasteiger partial charge is 0.299 e. The van der Waals surface area contributed by atoms with Crippen LogP contribution in [0.2, 0.25) is 0 Å². The summed E-state index contributed by atoms with van der Waals surface area (Å²) in [4.78, 5) is 71.2. The summed E-state index contributed by atoms with van der Waals surface area (Å²) in [5, 5.41) is 159. The number of aromatic hydroxyl groups is 2. The van der Waals surface area contributed by atoms with Gasteiger partial charge in [-0.05, 0) is 54.0 Å². The minimum absolute atomic E-state index is 0.181. The van der Waals surface area contributed by atoms with E-state index in [4.69, 9.17) is 18.9 Å². The monoisotopic (exact) mass is 944 g/mol. The van der Waals surface area contributed by atoms with Gasteiger partial charge < -0.3 is 95.5 Å². The highest BCUT2D eigenvalue weighted by Gasteiger charge is 2.64. The fourth-order valence-electron chi connectivity index (χ4n) is 7.40. The quantitative estimate of drug-likeness (QED) is 0.0318. The Morgan fingerprint density at radius 1 is 0.567 bits per heavy atom. The van der Waals surface area contributed by atoms with Crippen molar-refractivity contribution < 1.29 is 120 Å². The van der Waals surface area contributed by atoms with Gasteiger partial charge in [-0.1, -0.05) is 36.4 Å². The second-order valence-corrected chi connectivity index (χ2v) is 15.6. The summed E-state index contributed by atoms with van der Waals surface area (Å²) in [7, 11) is 0. The number of rotatable bonds is 12. The summed E-state index contributed by atoms with van der Waals surface area (Å²) >= 11 is 0. The van der Waals surface area contributed by atoms with Crippen LogP contribution in [0.1, 0.15) is 17.5 Å². The van der Waals surface area contributed by atoms with E-state index in [2.05, 4.69) is 0 Å². The number of phenols is 2. The zero-order valence-electron chi connectivity index (χ0n) is 34.3. The molecule has 13 atom stereocenters. The second-order valence-electron chi connectivity index (χ2n) is 15.6. The van der Waals surface area contributed by atoms with Gasteiger partial charge in [-0.3, -0.25) is 24.0 Å². The van der Waals surface area contributed by atoms with Crippen molar-refractivity contribution in [3.63, 3.8) is 0 Å². The fraction of sp³-hybridized carbons (Fsp3) is 0.372. The molecule has 3 fully saturated rings. The zero-order chi connectivity index (χ0) is 49.4. The van der Waals surface area contributed by atoms with Crippen molar-refractivity contribution in [1.82, 2.24) is 0 Å². The summed E-state index contributed by atoms with van der Waals surface area (Å²) in [6.07, 6.45) is -20.1. The van der Waals surface area contributed by atoms with Crippen molar-refractivity contribution in [3.05, 3.63) is 106 Å². The summed E-state index contributed by atoms with van der Waals surface area (Å²) in [6.45, 7) is -2.17. The van der Waals surface area contributed by atoms with Crippen LogP contribution in [0.3, 0.4) is 0 Å². The summed E-state index contributed by atoms with van der Waals surface area (Å²) in [5.74, 6) is -25.5. The molecule has 0 spiro atoms. The molecule has 360 valence electrons. The zero-order valence-corrected chi connectivity index (χ0v) is 34.3. The number of Topliss-reactive ketones (excluding diaryl/α,β-unsaturated/α-hetero) is 5. The maximum absolute atomic E-state index is 14.4. The molecule has 2 aliphatic heterocycles. The van der Waals surface area contributed by atoms with Gasteiger partial charge in [0.1, 0.15) is 88.8 Å². The van der Waals surface area contributed by atoms with E-state index in [1.165, 1.54) is 48.5 Å². The number of allylic oxidation sites excluding steroid dienone is 3. The molecule has 0 amide bonds. The molecule has 1 saturated carbocycles. The minimum atomic E-state index is -4.10. The Bertz CT molecular complexity index is 2430. The number of phenolic OH excluding ortho intramolecular Hbond substituents is 2. The lowest BCUT2D eigenvalue weighted by atomic mass is 9.72. The number of aliphatic hydroxyl groups is 13. The largest absolute Gasteiger partial charge is 0.508 e. The standard InChI is InChI=1S/C43H44O24/c44-14-24-30(52)32(54)34(56)40(64-24)66-42(62)36(58)20(28(50)26(38(42)60)22(48)11-5-16-1-7-18(46)8-2-16)13-21-29(51)27(23(49)12-6-17-3-9-19(47)10-4-17)39(61)43(63,37(21)59)67-41-35(57)33(55)31(53)25(15-45)65-41/h1-12,20,24-25,30-35,40-41,44-49,51-57,62-63H,13-15H2/b11-5?,12-6+,26-22-,27-23+/t20?,24-,25-,30-,31-,32+,33+,34-,35-,40+,41+,42?,43?/m1/s1. The Balaban J connectivity index is 1.50. The molecular formula is C43H44O24. The van der Waals surface area contributed by atoms with Gasteiger partial charge in [0, 0.05) is 5.57 Å². The van der Waals surface area contributed by atoms with Gasteiger partial charge in [-0.2, -0.15) is 0 Å². The average molecular weight is 945 g/mol. The Kier molecular flexibility index (Phi) is 14.8. The van der Waals surface area contributed by atoms with Crippen molar-refractivity contribution in [3.8, 4) is 11.5 Å². The van der Waals surface area contributed by atoms with Crippen molar-refractivity contribution in [1.29, 1.82) is 0 Å². The molecule has 3 unspecified atom stereocenters. The molecule has 6 rings (SSSR count). The van der Waals surface area contributed by atoms with Crippen LogP contribution < -0.4 is 0 Å². The van der Waals surface area contributed by atoms with Crippen LogP contribution in [-0.4, -0.2) is 192 Å². The lowest BCUT2D eigenvalue weighted by Gasteiger charge is -2.43. The van der Waals surface area contributed by atoms with Crippen LogP contribution in [-0.2, 0) is 42.9 Å². The first kappa shape index (κ1) is 50.3. The first-order valence-electron chi connectivity index (χ1n) is 19.9. The van der Waals surface area contributed by atoms with Crippen LogP contribution >= 0.6 is 0 Å². The highest BCUT2D eigenvalue weighted by molar-refractivity contribution is 6.38. The van der Waals surface area contributed by atoms with Gasteiger partial charge in [0.25, 0.3) is 11.6 Å². The highest BCUT2D eigenvalue weighted by Crippen LogP contribution is 2.42. The lowest BCUT2D eigenvalue weighted by Crippen LogP contribution is -2.66. The molecule has 24 heteroatoms. The van der Waals surface area contributed by atoms with Gasteiger partial charge in [-0.15, -0.1) is 0 Å². The Morgan fingerprint density at radius 2 is 0.970 bits per heavy atom. The SMILES string of the molecule is O=C1/C(=C(/O)C=Cc2ccc(O)cc2)C(=O)C(O)(O[C@@H]2O[C@H](CO)[C@@H](O)[C@H](O)[C@H]2O)C(=O)C1CC1=C(O)/C(=C(O)/C=C/c2ccc(O)cc2)C(=O)C(O)(O[C@@H]2O[C@H](CO)[C@@H](O)[C@H](O)[C@H]2O)C1=O. The van der Waals surface area contributed by atoms with E-state index < -0.39 is 161 Å². The van der Waals surface area contributed by atoms with E-state index in [0.29, 0.717) is 6.08 Å². The molecule has 2 aromatic rings. The van der Waals surface area contributed by atoms with E-state index in [-0.39, 0.29) is 22.6 Å². The molecule has 0 bridgehead atoms. The first-order chi connectivity index (χ1) is 31.5. The van der Waals surface area contributed by atoms with E-state index in [0.717, 1.165) is 18.2 Å². The third-order valence-corrected chi connectivity index (χ3v) is 11.2. The molecule has 24 nitrogen and oxygen atoms in total. The molecule has 2 heterocycles. The molecule has 0 radical (unpaired) electrons. The number of benzene rings is 2. The second kappa shape index (κ2) is 19.6. The van der Waals surface area contributed by atoms with Crippen molar-refractivity contribution in [2.75, 3.05) is 13.2 Å². The van der Waals surface area contributed by atoms with Crippen LogP contribution in [0, 0.1) is 5.92 Å². The number of carbonyl (C=O) groups excluding carboxylic acids is 5. The third-order valence-electron chi connectivity index (χ3n) is 11.2. The lowest BCUT2D eigenvalue weighted by molar-refractivity contribution is -0.343. The van der Waals surface area contributed by atoms with Gasteiger partial charge in [0.15, 0.2) is 18.4 Å². The molecule has 67 heavy (non-hydrogen) atoms. The molecule has 2 aromatic carbocycles. The highest BCUT2D eigenvalue weighted by atomic mass is 16.8. The van der Waals surface area contributed by atoms with Crippen LogP contribution in [0.5, 0.6) is 11.5 Å². The molecular weight excluding hydrogens is 900 g/mol. The van der Waals surface area contributed by atoms with E-state index in [9.17, 15) is 101 Å². The van der Waals surface area contributed by atoms with E-state index in [1.54, 1.807) is 0 Å². The van der Waals surface area contributed by atoms with E-state index >= 15 is 0 Å². The number of ketones is 5. The van der Waals surface area contributed by atoms with Crippen LogP contribution in [0.15, 0.2) is 94.7 Å². The van der Waals surface area contributed by atoms with Gasteiger partial charge in [0.2, 0.25) is 23.1 Å². The maximum Gasteiger partial charge on any atom is 0.299 e. The predicted molar refractivity (Wildman–Crippen MR) is 216 cm³/mol. The molecule has 15 N–H and O–H groups in total. The topological polar surface area (TPSA) is 426 Å². The summed E-state index contributed by atoms with van der Waals surface area (Å²) < 4.78 is 20.8. The van der Waals surface area contributed by atoms with Crippen molar-refractivity contribution in [2.24, 2.45) is 5.92 Å². The number of aliphatic hydroxyl groups excluding tert-OH is 11. The Hall–Kier alpha value is -6.07. The maximum atomic E-state index is 14.4.